The van der Waals surface area contributed by atoms with Crippen LogP contribution >= 0.6 is 0 Å². The molecular weight excluding hydrogens is 366 g/mol. The summed E-state index contributed by atoms with van der Waals surface area (Å²) in [6.07, 6.45) is 0.817. The van der Waals surface area contributed by atoms with Crippen molar-refractivity contribution < 1.29 is 14.3 Å². The number of carbonyl (C=O) groups is 1. The van der Waals surface area contributed by atoms with Gasteiger partial charge < -0.3 is 14.8 Å². The molecule has 0 radical (unpaired) electrons. The molecule has 0 aromatic heterocycles. The summed E-state index contributed by atoms with van der Waals surface area (Å²) in [5, 5.41) is 3.19. The maximum absolute atomic E-state index is 12.6. The van der Waals surface area contributed by atoms with Crippen LogP contribution in [-0.2, 0) is 4.79 Å². The summed E-state index contributed by atoms with van der Waals surface area (Å²) in [6.45, 7) is 6.43. The van der Waals surface area contributed by atoms with E-state index in [0.29, 0.717) is 19.8 Å². The molecule has 0 aliphatic carbocycles. The predicted octanol–water partition coefficient (Wildman–Crippen LogP) is 2.32. The molecule has 6 heteroatoms. The number of hydrogen-bond donors (Lipinski definition) is 1. The number of rotatable bonds is 7. The number of amides is 1. The number of hydrogen-bond acceptors (Lipinski definition) is 5. The maximum Gasteiger partial charge on any atom is 0.234 e. The molecule has 154 valence electrons. The highest BCUT2D eigenvalue weighted by atomic mass is 16.5. The van der Waals surface area contributed by atoms with Crippen molar-refractivity contribution in [3.8, 4) is 11.5 Å². The van der Waals surface area contributed by atoms with E-state index < -0.39 is 0 Å². The summed E-state index contributed by atoms with van der Waals surface area (Å²) >= 11 is 0. The van der Waals surface area contributed by atoms with Crippen LogP contribution in [0.25, 0.3) is 0 Å². The Labute approximate surface area is 172 Å². The summed E-state index contributed by atoms with van der Waals surface area (Å²) in [7, 11) is 0. The third-order valence-corrected chi connectivity index (χ3v) is 5.55. The van der Waals surface area contributed by atoms with Crippen molar-refractivity contribution in [3.63, 3.8) is 0 Å². The van der Waals surface area contributed by atoms with Gasteiger partial charge in [0.1, 0.15) is 18.1 Å². The van der Waals surface area contributed by atoms with Gasteiger partial charge in [-0.2, -0.15) is 0 Å². The molecule has 2 aliphatic rings. The molecule has 6 nitrogen and oxygen atoms in total. The molecule has 4 rings (SSSR count). The van der Waals surface area contributed by atoms with Crippen molar-refractivity contribution in [2.24, 2.45) is 0 Å². The molecule has 0 bridgehead atoms. The van der Waals surface area contributed by atoms with E-state index in [1.165, 1.54) is 0 Å². The van der Waals surface area contributed by atoms with Gasteiger partial charge in [0.15, 0.2) is 0 Å². The zero-order valence-electron chi connectivity index (χ0n) is 16.8. The summed E-state index contributed by atoms with van der Waals surface area (Å²) in [4.78, 5) is 17.2. The standard InChI is InChI=1S/C23H29N3O3/c27-23(24-21-10-16-29-22-9-5-4-8-20(21)22)18-26-13-11-25(12-14-26)15-17-28-19-6-2-1-3-7-19/h1-9,21H,10-18H2,(H,24,27). The summed E-state index contributed by atoms with van der Waals surface area (Å²) in [5.74, 6) is 1.89. The van der Waals surface area contributed by atoms with Crippen LogP contribution in [0.3, 0.4) is 0 Å². The fourth-order valence-electron chi connectivity index (χ4n) is 3.92. The topological polar surface area (TPSA) is 54.0 Å². The van der Waals surface area contributed by atoms with Crippen LogP contribution < -0.4 is 14.8 Å². The minimum Gasteiger partial charge on any atom is -0.493 e. The number of fused-ring (bicyclic) bond motifs is 1. The lowest BCUT2D eigenvalue weighted by Crippen LogP contribution is -2.50. The second-order valence-corrected chi connectivity index (χ2v) is 7.57. The minimum atomic E-state index is 0.0453. The lowest BCUT2D eigenvalue weighted by molar-refractivity contribution is -0.123. The van der Waals surface area contributed by atoms with Gasteiger partial charge in [-0.05, 0) is 18.2 Å². The Bertz CT molecular complexity index is 791. The van der Waals surface area contributed by atoms with E-state index >= 15 is 0 Å². The fourth-order valence-corrected chi connectivity index (χ4v) is 3.92. The average molecular weight is 396 g/mol. The molecule has 29 heavy (non-hydrogen) atoms. The van der Waals surface area contributed by atoms with Crippen LogP contribution in [0.2, 0.25) is 0 Å². The van der Waals surface area contributed by atoms with Crippen molar-refractivity contribution in [2.75, 3.05) is 52.5 Å². The van der Waals surface area contributed by atoms with Gasteiger partial charge in [0.05, 0.1) is 19.2 Å². The highest BCUT2D eigenvalue weighted by molar-refractivity contribution is 5.78. The first kappa shape index (κ1) is 19.7. The van der Waals surface area contributed by atoms with Crippen molar-refractivity contribution in [1.82, 2.24) is 15.1 Å². The Morgan fingerprint density at radius 3 is 2.55 bits per heavy atom. The van der Waals surface area contributed by atoms with Crippen molar-refractivity contribution >= 4 is 5.91 Å². The lowest BCUT2D eigenvalue weighted by Gasteiger charge is -2.34. The summed E-state index contributed by atoms with van der Waals surface area (Å²) in [5.41, 5.74) is 1.08. The van der Waals surface area contributed by atoms with Gasteiger partial charge in [0, 0.05) is 44.7 Å². The molecule has 0 spiro atoms. The smallest absolute Gasteiger partial charge is 0.234 e. The third kappa shape index (κ3) is 5.49. The van der Waals surface area contributed by atoms with Crippen LogP contribution in [0.4, 0.5) is 0 Å². The molecule has 0 saturated carbocycles. The molecule has 1 fully saturated rings. The Balaban J connectivity index is 1.17. The highest BCUT2D eigenvalue weighted by Crippen LogP contribution is 2.31. The minimum absolute atomic E-state index is 0.0453. The molecule has 2 aliphatic heterocycles. The first-order valence-corrected chi connectivity index (χ1v) is 10.4. The molecule has 1 saturated heterocycles. The maximum atomic E-state index is 12.6. The van der Waals surface area contributed by atoms with Gasteiger partial charge in [-0.1, -0.05) is 36.4 Å². The van der Waals surface area contributed by atoms with E-state index in [0.717, 1.165) is 56.2 Å². The lowest BCUT2D eigenvalue weighted by atomic mass is 10.0. The number of carbonyl (C=O) groups excluding carboxylic acids is 1. The van der Waals surface area contributed by atoms with Crippen molar-refractivity contribution in [1.29, 1.82) is 0 Å². The number of nitrogens with one attached hydrogen (secondary N) is 1. The quantitative estimate of drug-likeness (QED) is 0.780. The molecule has 1 amide bonds. The zero-order chi connectivity index (χ0) is 19.9. The van der Waals surface area contributed by atoms with E-state index in [1.807, 2.05) is 54.6 Å². The van der Waals surface area contributed by atoms with Crippen LogP contribution in [0, 0.1) is 0 Å². The average Bonchev–Trinajstić information content (AvgIpc) is 2.76. The van der Waals surface area contributed by atoms with Gasteiger partial charge >= 0.3 is 0 Å². The van der Waals surface area contributed by atoms with Crippen LogP contribution in [-0.4, -0.2) is 68.2 Å². The molecule has 2 heterocycles. The summed E-state index contributed by atoms with van der Waals surface area (Å²) in [6, 6.07) is 17.9. The number of benzene rings is 2. The predicted molar refractivity (Wildman–Crippen MR) is 112 cm³/mol. The Morgan fingerprint density at radius 2 is 1.72 bits per heavy atom. The molecule has 1 atom stereocenters. The van der Waals surface area contributed by atoms with Crippen molar-refractivity contribution in [3.05, 3.63) is 60.2 Å². The van der Waals surface area contributed by atoms with E-state index in [9.17, 15) is 4.79 Å². The number of piperazine rings is 1. The third-order valence-electron chi connectivity index (χ3n) is 5.55. The van der Waals surface area contributed by atoms with Gasteiger partial charge in [-0.15, -0.1) is 0 Å². The van der Waals surface area contributed by atoms with Gasteiger partial charge in [-0.3, -0.25) is 14.6 Å². The monoisotopic (exact) mass is 395 g/mol. The highest BCUT2D eigenvalue weighted by Gasteiger charge is 2.24. The van der Waals surface area contributed by atoms with Gasteiger partial charge in [0.25, 0.3) is 0 Å². The summed E-state index contributed by atoms with van der Waals surface area (Å²) < 4.78 is 11.5. The molecule has 2 aromatic carbocycles. The molecule has 2 aromatic rings. The zero-order valence-corrected chi connectivity index (χ0v) is 16.8. The van der Waals surface area contributed by atoms with E-state index in [-0.39, 0.29) is 11.9 Å². The van der Waals surface area contributed by atoms with Crippen LogP contribution in [0.5, 0.6) is 11.5 Å². The van der Waals surface area contributed by atoms with Crippen LogP contribution in [0.15, 0.2) is 54.6 Å². The van der Waals surface area contributed by atoms with E-state index in [4.69, 9.17) is 9.47 Å². The molecule has 1 unspecified atom stereocenters. The first-order valence-electron chi connectivity index (χ1n) is 10.4. The Kier molecular flexibility index (Phi) is 6.64. The normalized spacial score (nSPS) is 19.8. The SMILES string of the molecule is O=C(CN1CCN(CCOc2ccccc2)CC1)NC1CCOc2ccccc21. The molecule has 1 N–H and O–H groups in total. The number of para-hydroxylation sites is 2. The first-order chi connectivity index (χ1) is 14.3. The van der Waals surface area contributed by atoms with Crippen LogP contribution in [0.1, 0.15) is 18.0 Å². The van der Waals surface area contributed by atoms with Crippen molar-refractivity contribution in [2.45, 2.75) is 12.5 Å². The van der Waals surface area contributed by atoms with E-state index in [1.54, 1.807) is 0 Å². The van der Waals surface area contributed by atoms with Gasteiger partial charge in [0.2, 0.25) is 5.91 Å². The molecular formula is C23H29N3O3. The Morgan fingerprint density at radius 1 is 1.00 bits per heavy atom. The van der Waals surface area contributed by atoms with Gasteiger partial charge in [-0.25, -0.2) is 0 Å². The second kappa shape index (κ2) is 9.76. The van der Waals surface area contributed by atoms with E-state index in [2.05, 4.69) is 15.1 Å². The fraction of sp³-hybridized carbons (Fsp3) is 0.435. The number of ether oxygens (including phenoxy) is 2. The number of nitrogens with zero attached hydrogens (tertiary/aromatic N) is 2. The Hall–Kier alpha value is -2.57. The second-order valence-electron chi connectivity index (χ2n) is 7.57. The largest absolute Gasteiger partial charge is 0.493 e.